The van der Waals surface area contributed by atoms with Crippen LogP contribution in [0, 0.1) is 0 Å². The van der Waals surface area contributed by atoms with Gasteiger partial charge in [-0.25, -0.2) is 10.2 Å². The van der Waals surface area contributed by atoms with Gasteiger partial charge in [-0.1, -0.05) is 15.9 Å². The highest BCUT2D eigenvalue weighted by Crippen LogP contribution is 2.31. The van der Waals surface area contributed by atoms with Gasteiger partial charge in [-0.3, -0.25) is 0 Å². The van der Waals surface area contributed by atoms with Gasteiger partial charge in [0.05, 0.1) is 17.8 Å². The van der Waals surface area contributed by atoms with Gasteiger partial charge in [-0.2, -0.15) is 5.10 Å². The predicted octanol–water partition coefficient (Wildman–Crippen LogP) is 4.08. The van der Waals surface area contributed by atoms with Crippen molar-refractivity contribution in [1.82, 2.24) is 5.43 Å². The summed E-state index contributed by atoms with van der Waals surface area (Å²) in [5.41, 5.74) is 2.45. The molecule has 0 heterocycles. The van der Waals surface area contributed by atoms with E-state index in [-0.39, 0.29) is 0 Å². The monoisotopic (exact) mass is 406 g/mol. The van der Waals surface area contributed by atoms with Gasteiger partial charge in [-0.05, 0) is 48.8 Å². The number of benzene rings is 1. The molecule has 7 heteroatoms. The van der Waals surface area contributed by atoms with Crippen LogP contribution in [0.15, 0.2) is 26.2 Å². The zero-order valence-corrected chi connectivity index (χ0v) is 14.8. The van der Waals surface area contributed by atoms with Gasteiger partial charge in [-0.15, -0.1) is 0 Å². The number of ether oxygens (including phenoxy) is 2. The van der Waals surface area contributed by atoms with Crippen LogP contribution in [0.2, 0.25) is 0 Å². The second kappa shape index (κ2) is 7.08. The zero-order chi connectivity index (χ0) is 15.3. The van der Waals surface area contributed by atoms with E-state index in [9.17, 15) is 4.79 Å². The lowest BCUT2D eigenvalue weighted by Crippen LogP contribution is -2.29. The highest BCUT2D eigenvalue weighted by molar-refractivity contribution is 9.11. The van der Waals surface area contributed by atoms with E-state index < -0.39 is 11.7 Å². The first-order chi connectivity index (χ1) is 9.23. The molecule has 0 atom stereocenters. The van der Waals surface area contributed by atoms with E-state index in [2.05, 4.69) is 42.4 Å². The Morgan fingerprint density at radius 1 is 1.35 bits per heavy atom. The molecule has 20 heavy (non-hydrogen) atoms. The normalized spacial score (nSPS) is 11.5. The van der Waals surface area contributed by atoms with Crippen LogP contribution < -0.4 is 10.2 Å². The van der Waals surface area contributed by atoms with E-state index in [1.54, 1.807) is 27.9 Å². The average molecular weight is 408 g/mol. The Labute approximate surface area is 135 Å². The smallest absolute Gasteiger partial charge is 0.428 e. The number of carbonyl (C=O) groups is 1. The number of hydrogen-bond acceptors (Lipinski definition) is 4. The molecule has 0 aliphatic heterocycles. The van der Waals surface area contributed by atoms with Gasteiger partial charge in [0.2, 0.25) is 0 Å². The molecular formula is C13H16Br2N2O3. The van der Waals surface area contributed by atoms with Crippen LogP contribution in [0.4, 0.5) is 4.79 Å². The van der Waals surface area contributed by atoms with Crippen LogP contribution in [0.5, 0.6) is 5.75 Å². The number of methoxy groups -OCH3 is 1. The summed E-state index contributed by atoms with van der Waals surface area (Å²) in [7, 11) is 1.56. The van der Waals surface area contributed by atoms with Crippen molar-refractivity contribution in [2.24, 2.45) is 5.10 Å². The van der Waals surface area contributed by atoms with Crippen molar-refractivity contribution in [3.05, 3.63) is 26.6 Å². The van der Waals surface area contributed by atoms with Crippen LogP contribution in [0.25, 0.3) is 0 Å². The summed E-state index contributed by atoms with van der Waals surface area (Å²) in [6, 6.07) is 3.68. The molecule has 110 valence electrons. The van der Waals surface area contributed by atoms with Crippen molar-refractivity contribution in [3.8, 4) is 5.75 Å². The maximum Gasteiger partial charge on any atom is 0.428 e. The number of rotatable bonds is 3. The third kappa shape index (κ3) is 5.50. The first kappa shape index (κ1) is 17.0. The molecule has 0 spiro atoms. The Kier molecular flexibility index (Phi) is 6.01. The quantitative estimate of drug-likeness (QED) is 0.606. The lowest BCUT2D eigenvalue weighted by atomic mass is 10.2. The maximum atomic E-state index is 11.4. The molecule has 1 aromatic carbocycles. The highest BCUT2D eigenvalue weighted by atomic mass is 79.9. The fourth-order valence-electron chi connectivity index (χ4n) is 1.35. The Morgan fingerprint density at radius 2 is 2.00 bits per heavy atom. The lowest BCUT2D eigenvalue weighted by molar-refractivity contribution is 0.0529. The summed E-state index contributed by atoms with van der Waals surface area (Å²) >= 11 is 6.77. The number of nitrogens with zero attached hydrogens (tertiary/aromatic N) is 1. The number of amides is 1. The minimum Gasteiger partial charge on any atom is -0.495 e. The van der Waals surface area contributed by atoms with Crippen LogP contribution in [-0.4, -0.2) is 25.0 Å². The first-order valence-electron chi connectivity index (χ1n) is 5.78. The van der Waals surface area contributed by atoms with Crippen LogP contribution >= 0.6 is 31.9 Å². The topological polar surface area (TPSA) is 59.9 Å². The predicted molar refractivity (Wildman–Crippen MR) is 85.4 cm³/mol. The summed E-state index contributed by atoms with van der Waals surface area (Å²) < 4.78 is 12.0. The molecule has 0 aromatic heterocycles. The Balaban J connectivity index is 2.78. The Bertz CT molecular complexity index is 525. The van der Waals surface area contributed by atoms with Gasteiger partial charge in [0.15, 0.2) is 0 Å². The van der Waals surface area contributed by atoms with Gasteiger partial charge in [0.25, 0.3) is 0 Å². The molecule has 1 aromatic rings. The molecule has 5 nitrogen and oxygen atoms in total. The van der Waals surface area contributed by atoms with Crippen molar-refractivity contribution < 1.29 is 14.3 Å². The summed E-state index contributed by atoms with van der Waals surface area (Å²) in [6.45, 7) is 5.35. The highest BCUT2D eigenvalue weighted by Gasteiger charge is 2.15. The van der Waals surface area contributed by atoms with Crippen molar-refractivity contribution in [1.29, 1.82) is 0 Å². The zero-order valence-electron chi connectivity index (χ0n) is 11.7. The van der Waals surface area contributed by atoms with E-state index in [0.29, 0.717) is 11.3 Å². The van der Waals surface area contributed by atoms with Crippen LogP contribution in [0.3, 0.4) is 0 Å². The van der Waals surface area contributed by atoms with Gasteiger partial charge in [0, 0.05) is 10.0 Å². The molecule has 0 bridgehead atoms. The Hall–Kier alpha value is -1.08. The van der Waals surface area contributed by atoms with E-state index in [1.807, 2.05) is 12.1 Å². The largest absolute Gasteiger partial charge is 0.495 e. The SMILES string of the molecule is COc1c(Br)cc(Br)cc1/C=N\NC(=O)OC(C)(C)C. The van der Waals surface area contributed by atoms with E-state index in [4.69, 9.17) is 9.47 Å². The second-order valence-electron chi connectivity index (χ2n) is 4.88. The molecule has 0 saturated heterocycles. The number of halogens is 2. The van der Waals surface area contributed by atoms with Crippen LogP contribution in [0.1, 0.15) is 26.3 Å². The van der Waals surface area contributed by atoms with Crippen molar-refractivity contribution in [2.75, 3.05) is 7.11 Å². The summed E-state index contributed by atoms with van der Waals surface area (Å²) in [4.78, 5) is 11.4. The first-order valence-corrected chi connectivity index (χ1v) is 7.36. The molecule has 1 rings (SSSR count). The fraction of sp³-hybridized carbons (Fsp3) is 0.385. The molecule has 0 aliphatic rings. The number of nitrogens with one attached hydrogen (secondary N) is 1. The molecule has 0 aliphatic carbocycles. The van der Waals surface area contributed by atoms with E-state index in [1.165, 1.54) is 6.21 Å². The molecule has 1 amide bonds. The summed E-state index contributed by atoms with van der Waals surface area (Å²) in [6.07, 6.45) is 0.875. The molecule has 0 fully saturated rings. The minimum absolute atomic E-state index is 0.559. The van der Waals surface area contributed by atoms with E-state index in [0.717, 1.165) is 8.95 Å². The van der Waals surface area contributed by atoms with Gasteiger partial charge >= 0.3 is 6.09 Å². The number of hydrogen-bond donors (Lipinski definition) is 1. The third-order valence-electron chi connectivity index (χ3n) is 2.00. The molecule has 1 N–H and O–H groups in total. The molecule has 0 saturated carbocycles. The van der Waals surface area contributed by atoms with E-state index >= 15 is 0 Å². The molecule has 0 radical (unpaired) electrons. The lowest BCUT2D eigenvalue weighted by Gasteiger charge is -2.18. The summed E-state index contributed by atoms with van der Waals surface area (Å²) in [5, 5.41) is 3.85. The van der Waals surface area contributed by atoms with Crippen LogP contribution in [-0.2, 0) is 4.74 Å². The van der Waals surface area contributed by atoms with Crippen molar-refractivity contribution >= 4 is 44.2 Å². The van der Waals surface area contributed by atoms with Gasteiger partial charge < -0.3 is 9.47 Å². The summed E-state index contributed by atoms with van der Waals surface area (Å²) in [5.74, 6) is 0.628. The Morgan fingerprint density at radius 3 is 2.55 bits per heavy atom. The third-order valence-corrected chi connectivity index (χ3v) is 3.05. The fourth-order valence-corrected chi connectivity index (χ4v) is 2.77. The van der Waals surface area contributed by atoms with Gasteiger partial charge in [0.1, 0.15) is 11.4 Å². The second-order valence-corrected chi connectivity index (χ2v) is 6.65. The maximum absolute atomic E-state index is 11.4. The van der Waals surface area contributed by atoms with Crippen molar-refractivity contribution in [2.45, 2.75) is 26.4 Å². The standard InChI is InChI=1S/C13H16Br2N2O3/c1-13(2,3)20-12(18)17-16-7-8-5-9(14)6-10(15)11(8)19-4/h5-7H,1-4H3,(H,17,18)/b16-7-. The number of carbonyl (C=O) groups excluding carboxylic acids is 1. The minimum atomic E-state index is -0.609. The van der Waals surface area contributed by atoms with Crippen molar-refractivity contribution in [3.63, 3.8) is 0 Å². The average Bonchev–Trinajstić information content (AvgIpc) is 2.25. The number of hydrazone groups is 1. The molecule has 0 unspecified atom stereocenters. The molecular weight excluding hydrogens is 392 g/mol.